The SMILES string of the molecule is CCCNC(C)C1CCN(CCCS(C)(=O)=O)CC1. The van der Waals surface area contributed by atoms with Gasteiger partial charge in [-0.3, -0.25) is 0 Å². The molecule has 1 atom stereocenters. The molecule has 1 heterocycles. The fourth-order valence-corrected chi connectivity index (χ4v) is 3.42. The van der Waals surface area contributed by atoms with Crippen LogP contribution in [0.25, 0.3) is 0 Å². The van der Waals surface area contributed by atoms with Gasteiger partial charge in [-0.1, -0.05) is 6.92 Å². The maximum atomic E-state index is 11.1. The van der Waals surface area contributed by atoms with Gasteiger partial charge in [0.25, 0.3) is 0 Å². The molecule has 19 heavy (non-hydrogen) atoms. The van der Waals surface area contributed by atoms with Crippen molar-refractivity contribution >= 4 is 9.84 Å². The van der Waals surface area contributed by atoms with Crippen molar-refractivity contribution in [3.05, 3.63) is 0 Å². The lowest BCUT2D eigenvalue weighted by Gasteiger charge is -2.35. The molecule has 1 fully saturated rings. The summed E-state index contributed by atoms with van der Waals surface area (Å²) in [5.41, 5.74) is 0. The zero-order valence-electron chi connectivity index (χ0n) is 12.7. The molecular formula is C14H30N2O2S. The molecule has 1 saturated heterocycles. The van der Waals surface area contributed by atoms with Gasteiger partial charge >= 0.3 is 0 Å². The van der Waals surface area contributed by atoms with E-state index in [4.69, 9.17) is 0 Å². The number of hydrogen-bond acceptors (Lipinski definition) is 4. The van der Waals surface area contributed by atoms with Crippen LogP contribution in [0.4, 0.5) is 0 Å². The molecule has 1 aliphatic rings. The van der Waals surface area contributed by atoms with Gasteiger partial charge in [-0.15, -0.1) is 0 Å². The van der Waals surface area contributed by atoms with E-state index in [2.05, 4.69) is 24.1 Å². The van der Waals surface area contributed by atoms with Gasteiger partial charge in [-0.05, 0) is 64.7 Å². The lowest BCUT2D eigenvalue weighted by Crippen LogP contribution is -2.42. The summed E-state index contributed by atoms with van der Waals surface area (Å²) in [5.74, 6) is 1.10. The number of piperidine rings is 1. The Bertz CT molecular complexity index is 335. The zero-order valence-corrected chi connectivity index (χ0v) is 13.5. The van der Waals surface area contributed by atoms with E-state index in [0.717, 1.165) is 38.5 Å². The van der Waals surface area contributed by atoms with Crippen molar-refractivity contribution in [1.82, 2.24) is 10.2 Å². The number of sulfone groups is 1. The molecule has 0 spiro atoms. The van der Waals surface area contributed by atoms with Crippen LogP contribution in [0.1, 0.15) is 39.5 Å². The summed E-state index contributed by atoms with van der Waals surface area (Å²) in [6, 6.07) is 0.609. The molecule has 0 aromatic rings. The normalized spacial score (nSPS) is 20.6. The average molecular weight is 290 g/mol. The lowest BCUT2D eigenvalue weighted by molar-refractivity contribution is 0.163. The van der Waals surface area contributed by atoms with Gasteiger partial charge in [0.15, 0.2) is 0 Å². The van der Waals surface area contributed by atoms with Crippen LogP contribution < -0.4 is 5.32 Å². The molecular weight excluding hydrogens is 260 g/mol. The third kappa shape index (κ3) is 7.28. The van der Waals surface area contributed by atoms with E-state index in [-0.39, 0.29) is 0 Å². The first kappa shape index (κ1) is 16.9. The van der Waals surface area contributed by atoms with Gasteiger partial charge in [-0.2, -0.15) is 0 Å². The number of hydrogen-bond donors (Lipinski definition) is 1. The molecule has 4 nitrogen and oxygen atoms in total. The second-order valence-corrected chi connectivity index (χ2v) is 8.17. The Kier molecular flexibility index (Phi) is 7.32. The fraction of sp³-hybridized carbons (Fsp3) is 1.00. The molecule has 0 aromatic carbocycles. The van der Waals surface area contributed by atoms with E-state index < -0.39 is 9.84 Å². The van der Waals surface area contributed by atoms with Gasteiger partial charge in [0.1, 0.15) is 9.84 Å². The molecule has 0 aromatic heterocycles. The summed E-state index contributed by atoms with van der Waals surface area (Å²) in [6.45, 7) is 8.76. The van der Waals surface area contributed by atoms with Crippen LogP contribution in [0.15, 0.2) is 0 Å². The van der Waals surface area contributed by atoms with Gasteiger partial charge in [0.2, 0.25) is 0 Å². The number of nitrogens with one attached hydrogen (secondary N) is 1. The Morgan fingerprint density at radius 1 is 1.32 bits per heavy atom. The second-order valence-electron chi connectivity index (χ2n) is 5.91. The van der Waals surface area contributed by atoms with Crippen LogP contribution in [-0.4, -0.2) is 57.5 Å². The lowest BCUT2D eigenvalue weighted by atomic mass is 9.90. The summed E-state index contributed by atoms with van der Waals surface area (Å²) in [5, 5.41) is 3.58. The van der Waals surface area contributed by atoms with Gasteiger partial charge < -0.3 is 10.2 Å². The molecule has 0 saturated carbocycles. The summed E-state index contributed by atoms with van der Waals surface area (Å²) in [6.07, 6.45) is 5.75. The second kappa shape index (κ2) is 8.22. The van der Waals surface area contributed by atoms with Crippen LogP contribution in [-0.2, 0) is 9.84 Å². The van der Waals surface area contributed by atoms with Crippen molar-refractivity contribution < 1.29 is 8.42 Å². The fourth-order valence-electron chi connectivity index (χ4n) is 2.77. The van der Waals surface area contributed by atoms with Crippen LogP contribution in [0.3, 0.4) is 0 Å². The Morgan fingerprint density at radius 3 is 2.47 bits per heavy atom. The molecule has 1 rings (SSSR count). The van der Waals surface area contributed by atoms with Crippen molar-refractivity contribution in [2.45, 2.75) is 45.6 Å². The molecule has 5 heteroatoms. The summed E-state index contributed by atoms with van der Waals surface area (Å²) in [4.78, 5) is 2.41. The molecule has 1 aliphatic heterocycles. The molecule has 1 unspecified atom stereocenters. The van der Waals surface area contributed by atoms with Gasteiger partial charge in [0, 0.05) is 12.3 Å². The van der Waals surface area contributed by atoms with Crippen molar-refractivity contribution in [1.29, 1.82) is 0 Å². The molecule has 0 aliphatic carbocycles. The standard InChI is InChI=1S/C14H30N2O2S/c1-4-8-15-13(2)14-6-10-16(11-7-14)9-5-12-19(3,17)18/h13-15H,4-12H2,1-3H3. The molecule has 0 amide bonds. The van der Waals surface area contributed by atoms with Crippen molar-refractivity contribution in [3.63, 3.8) is 0 Å². The van der Waals surface area contributed by atoms with Crippen LogP contribution >= 0.6 is 0 Å². The van der Waals surface area contributed by atoms with Crippen molar-refractivity contribution in [3.8, 4) is 0 Å². The van der Waals surface area contributed by atoms with E-state index in [1.54, 1.807) is 0 Å². The monoisotopic (exact) mass is 290 g/mol. The van der Waals surface area contributed by atoms with Crippen LogP contribution in [0.2, 0.25) is 0 Å². The number of likely N-dealkylation sites (tertiary alicyclic amines) is 1. The van der Waals surface area contributed by atoms with Crippen molar-refractivity contribution in [2.24, 2.45) is 5.92 Å². The first-order valence-corrected chi connectivity index (χ1v) is 9.62. The van der Waals surface area contributed by atoms with Crippen molar-refractivity contribution in [2.75, 3.05) is 38.2 Å². The zero-order chi connectivity index (χ0) is 14.3. The minimum atomic E-state index is -2.80. The Morgan fingerprint density at radius 2 is 1.95 bits per heavy atom. The van der Waals surface area contributed by atoms with Crippen LogP contribution in [0.5, 0.6) is 0 Å². The van der Waals surface area contributed by atoms with Crippen LogP contribution in [0, 0.1) is 5.92 Å². The van der Waals surface area contributed by atoms with E-state index in [1.807, 2.05) is 0 Å². The molecule has 0 bridgehead atoms. The summed E-state index contributed by atoms with van der Waals surface area (Å²) < 4.78 is 22.2. The maximum absolute atomic E-state index is 11.1. The third-order valence-electron chi connectivity index (χ3n) is 4.05. The summed E-state index contributed by atoms with van der Waals surface area (Å²) >= 11 is 0. The number of nitrogens with zero attached hydrogens (tertiary/aromatic N) is 1. The van der Waals surface area contributed by atoms with Gasteiger partial charge in [0.05, 0.1) is 5.75 Å². The van der Waals surface area contributed by atoms with E-state index in [9.17, 15) is 8.42 Å². The highest BCUT2D eigenvalue weighted by atomic mass is 32.2. The highest BCUT2D eigenvalue weighted by molar-refractivity contribution is 7.90. The maximum Gasteiger partial charge on any atom is 0.147 e. The predicted molar refractivity (Wildman–Crippen MR) is 81.2 cm³/mol. The van der Waals surface area contributed by atoms with E-state index in [1.165, 1.54) is 25.5 Å². The van der Waals surface area contributed by atoms with Gasteiger partial charge in [-0.25, -0.2) is 8.42 Å². The largest absolute Gasteiger partial charge is 0.314 e. The summed E-state index contributed by atoms with van der Waals surface area (Å²) in [7, 11) is -2.80. The minimum absolute atomic E-state index is 0.321. The first-order chi connectivity index (χ1) is 8.92. The third-order valence-corrected chi connectivity index (χ3v) is 5.08. The Balaban J connectivity index is 2.18. The molecule has 1 N–H and O–H groups in total. The van der Waals surface area contributed by atoms with E-state index >= 15 is 0 Å². The first-order valence-electron chi connectivity index (χ1n) is 7.56. The predicted octanol–water partition coefficient (Wildman–Crippen LogP) is 1.52. The average Bonchev–Trinajstić information content (AvgIpc) is 2.35. The smallest absolute Gasteiger partial charge is 0.147 e. The Labute approximate surface area is 118 Å². The molecule has 0 radical (unpaired) electrons. The van der Waals surface area contributed by atoms with E-state index in [0.29, 0.717) is 11.8 Å². The molecule has 114 valence electrons. The topological polar surface area (TPSA) is 49.4 Å². The Hall–Kier alpha value is -0.130. The highest BCUT2D eigenvalue weighted by Crippen LogP contribution is 2.20. The quantitative estimate of drug-likeness (QED) is 0.736. The highest BCUT2D eigenvalue weighted by Gasteiger charge is 2.23. The number of rotatable bonds is 8. The minimum Gasteiger partial charge on any atom is -0.314 e.